The highest BCUT2D eigenvalue weighted by atomic mass is 32.2. The second-order valence-corrected chi connectivity index (χ2v) is 6.36. The van der Waals surface area contributed by atoms with Crippen LogP contribution in [0.1, 0.15) is 19.4 Å². The molecule has 0 aromatic heterocycles. The van der Waals surface area contributed by atoms with Crippen LogP contribution in [-0.4, -0.2) is 25.4 Å². The Labute approximate surface area is 116 Å². The Morgan fingerprint density at radius 3 is 2.15 bits per heavy atom. The van der Waals surface area contributed by atoms with Gasteiger partial charge in [0.2, 0.25) is 15.9 Å². The normalized spacial score (nSPS) is 11.9. The number of sulfonamides is 1. The summed E-state index contributed by atoms with van der Waals surface area (Å²) in [5.74, 6) is -1.85. The quantitative estimate of drug-likeness (QED) is 0.663. The van der Waals surface area contributed by atoms with Crippen LogP contribution in [0.4, 0.5) is 0 Å². The first-order valence-corrected chi connectivity index (χ1v) is 7.23. The van der Waals surface area contributed by atoms with Gasteiger partial charge in [-0.3, -0.25) is 9.59 Å². The maximum Gasteiger partial charge on any atom is 0.318 e. The average molecular weight is 300 g/mol. The fraction of sp³-hybridized carbons (Fsp3) is 0.333. The topological polar surface area (TPSA) is 127 Å². The van der Waals surface area contributed by atoms with Crippen molar-refractivity contribution in [2.75, 3.05) is 0 Å². The number of aliphatic carboxylic acids is 1. The van der Waals surface area contributed by atoms with Crippen LogP contribution < -0.4 is 10.5 Å². The Kier molecular flexibility index (Phi) is 4.51. The number of primary sulfonamides is 1. The number of amides is 1. The molecule has 0 aliphatic heterocycles. The lowest BCUT2D eigenvalue weighted by Gasteiger charge is -2.18. The first kappa shape index (κ1) is 16.1. The molecule has 0 saturated heterocycles. The van der Waals surface area contributed by atoms with Gasteiger partial charge in [0.1, 0.15) is 5.41 Å². The summed E-state index contributed by atoms with van der Waals surface area (Å²) in [5.41, 5.74) is -0.896. The lowest BCUT2D eigenvalue weighted by atomic mass is 9.92. The summed E-state index contributed by atoms with van der Waals surface area (Å²) in [4.78, 5) is 22.6. The third kappa shape index (κ3) is 3.78. The Bertz CT molecular complexity index is 620. The highest BCUT2D eigenvalue weighted by Gasteiger charge is 2.35. The standard InChI is InChI=1S/C12H16N2O5S/c1-12(2,11(16)17)10(15)14-7-8-3-5-9(6-4-8)20(13,18)19/h3-6H,7H2,1-2H3,(H,14,15)(H,16,17)(H2,13,18,19). The van der Waals surface area contributed by atoms with Gasteiger partial charge in [-0.1, -0.05) is 12.1 Å². The molecular weight excluding hydrogens is 284 g/mol. The number of carbonyl (C=O) groups is 2. The molecule has 4 N–H and O–H groups in total. The van der Waals surface area contributed by atoms with Crippen LogP contribution in [0.15, 0.2) is 29.2 Å². The first-order valence-electron chi connectivity index (χ1n) is 5.68. The van der Waals surface area contributed by atoms with Crippen LogP contribution in [0.5, 0.6) is 0 Å². The molecule has 1 rings (SSSR count). The number of carboxylic acid groups (broad SMARTS) is 1. The minimum absolute atomic E-state index is 0.0292. The third-order valence-corrected chi connectivity index (χ3v) is 3.74. The second-order valence-electron chi connectivity index (χ2n) is 4.80. The zero-order chi connectivity index (χ0) is 15.6. The van der Waals surface area contributed by atoms with Crippen LogP contribution >= 0.6 is 0 Å². The molecule has 0 aliphatic carbocycles. The summed E-state index contributed by atoms with van der Waals surface area (Å²) in [5, 5.41) is 16.3. The minimum atomic E-state index is -3.75. The fourth-order valence-electron chi connectivity index (χ4n) is 1.30. The van der Waals surface area contributed by atoms with Gasteiger partial charge < -0.3 is 10.4 Å². The van der Waals surface area contributed by atoms with Gasteiger partial charge in [-0.05, 0) is 31.5 Å². The number of hydrogen-bond donors (Lipinski definition) is 3. The lowest BCUT2D eigenvalue weighted by molar-refractivity contribution is -0.153. The first-order chi connectivity index (χ1) is 9.05. The molecule has 20 heavy (non-hydrogen) atoms. The van der Waals surface area contributed by atoms with E-state index in [0.29, 0.717) is 5.56 Å². The van der Waals surface area contributed by atoms with Gasteiger partial charge in [0.05, 0.1) is 4.90 Å². The van der Waals surface area contributed by atoms with E-state index in [0.717, 1.165) is 0 Å². The van der Waals surface area contributed by atoms with Crippen molar-refractivity contribution in [1.82, 2.24) is 5.32 Å². The zero-order valence-corrected chi connectivity index (χ0v) is 11.9. The smallest absolute Gasteiger partial charge is 0.318 e. The molecule has 1 amide bonds. The lowest BCUT2D eigenvalue weighted by Crippen LogP contribution is -2.41. The molecule has 0 aliphatic rings. The van der Waals surface area contributed by atoms with Gasteiger partial charge in [-0.2, -0.15) is 0 Å². The van der Waals surface area contributed by atoms with E-state index in [2.05, 4.69) is 5.32 Å². The largest absolute Gasteiger partial charge is 0.480 e. The fourth-order valence-corrected chi connectivity index (χ4v) is 1.81. The van der Waals surface area contributed by atoms with Crippen LogP contribution in [0.2, 0.25) is 0 Å². The molecule has 0 fully saturated rings. The van der Waals surface area contributed by atoms with Gasteiger partial charge in [-0.15, -0.1) is 0 Å². The van der Waals surface area contributed by atoms with Gasteiger partial charge in [0, 0.05) is 6.54 Å². The van der Waals surface area contributed by atoms with Gasteiger partial charge >= 0.3 is 5.97 Å². The van der Waals surface area contributed by atoms with Gasteiger partial charge in [0.15, 0.2) is 0 Å². The van der Waals surface area contributed by atoms with E-state index < -0.39 is 27.3 Å². The number of carbonyl (C=O) groups excluding carboxylic acids is 1. The summed E-state index contributed by atoms with van der Waals surface area (Å²) in [7, 11) is -3.75. The molecule has 110 valence electrons. The highest BCUT2D eigenvalue weighted by molar-refractivity contribution is 7.89. The number of carboxylic acids is 1. The van der Waals surface area contributed by atoms with Crippen molar-refractivity contribution < 1.29 is 23.1 Å². The molecule has 0 saturated carbocycles. The summed E-state index contributed by atoms with van der Waals surface area (Å²) in [6.45, 7) is 2.70. The van der Waals surface area contributed by atoms with Crippen molar-refractivity contribution in [3.05, 3.63) is 29.8 Å². The number of benzene rings is 1. The summed E-state index contributed by atoms with van der Waals surface area (Å²) < 4.78 is 22.1. The molecule has 0 spiro atoms. The molecule has 8 heteroatoms. The van der Waals surface area contributed by atoms with Crippen molar-refractivity contribution in [2.24, 2.45) is 10.6 Å². The van der Waals surface area contributed by atoms with E-state index in [1.54, 1.807) is 0 Å². The molecule has 0 unspecified atom stereocenters. The molecule has 0 bridgehead atoms. The number of nitrogens with two attached hydrogens (primary N) is 1. The maximum atomic E-state index is 11.7. The van der Waals surface area contributed by atoms with E-state index in [4.69, 9.17) is 10.2 Å². The van der Waals surface area contributed by atoms with Gasteiger partial charge in [-0.25, -0.2) is 13.6 Å². The summed E-state index contributed by atoms with van der Waals surface area (Å²) in [6, 6.07) is 5.62. The maximum absolute atomic E-state index is 11.7. The van der Waals surface area contributed by atoms with E-state index in [-0.39, 0.29) is 11.4 Å². The molecule has 1 aromatic carbocycles. The molecule has 7 nitrogen and oxygen atoms in total. The molecule has 0 atom stereocenters. The number of nitrogens with one attached hydrogen (secondary N) is 1. The van der Waals surface area contributed by atoms with Crippen molar-refractivity contribution in [3.63, 3.8) is 0 Å². The summed E-state index contributed by atoms with van der Waals surface area (Å²) >= 11 is 0. The highest BCUT2D eigenvalue weighted by Crippen LogP contribution is 2.15. The monoisotopic (exact) mass is 300 g/mol. The Hall–Kier alpha value is -1.93. The molecule has 0 radical (unpaired) electrons. The van der Waals surface area contributed by atoms with Crippen molar-refractivity contribution in [1.29, 1.82) is 0 Å². The number of rotatable bonds is 5. The van der Waals surface area contributed by atoms with Crippen molar-refractivity contribution in [3.8, 4) is 0 Å². The van der Waals surface area contributed by atoms with Gasteiger partial charge in [0.25, 0.3) is 0 Å². The minimum Gasteiger partial charge on any atom is -0.480 e. The van der Waals surface area contributed by atoms with E-state index in [9.17, 15) is 18.0 Å². The Morgan fingerprint density at radius 1 is 1.25 bits per heavy atom. The summed E-state index contributed by atoms with van der Waals surface area (Å²) in [6.07, 6.45) is 0. The second kappa shape index (κ2) is 5.59. The van der Waals surface area contributed by atoms with Crippen molar-refractivity contribution >= 4 is 21.9 Å². The predicted molar refractivity (Wildman–Crippen MR) is 71.1 cm³/mol. The zero-order valence-electron chi connectivity index (χ0n) is 11.1. The van der Waals surface area contributed by atoms with E-state index in [1.807, 2.05) is 0 Å². The SMILES string of the molecule is CC(C)(C(=O)O)C(=O)NCc1ccc(S(N)(=O)=O)cc1. The molecular formula is C12H16N2O5S. The van der Waals surface area contributed by atoms with Crippen LogP contribution in [0.3, 0.4) is 0 Å². The predicted octanol–water partition coefficient (Wildman–Crippen LogP) is 0.0610. The Balaban J connectivity index is 2.72. The van der Waals surface area contributed by atoms with Crippen LogP contribution in [-0.2, 0) is 26.2 Å². The molecule has 1 aromatic rings. The van der Waals surface area contributed by atoms with Crippen LogP contribution in [0, 0.1) is 5.41 Å². The van der Waals surface area contributed by atoms with E-state index in [1.165, 1.54) is 38.1 Å². The Morgan fingerprint density at radius 2 is 1.75 bits per heavy atom. The van der Waals surface area contributed by atoms with Crippen molar-refractivity contribution in [2.45, 2.75) is 25.3 Å². The van der Waals surface area contributed by atoms with E-state index >= 15 is 0 Å². The molecule has 0 heterocycles. The number of hydrogen-bond acceptors (Lipinski definition) is 4. The van der Waals surface area contributed by atoms with Crippen LogP contribution in [0.25, 0.3) is 0 Å². The third-order valence-electron chi connectivity index (χ3n) is 2.81. The average Bonchev–Trinajstić information content (AvgIpc) is 2.35.